The summed E-state index contributed by atoms with van der Waals surface area (Å²) in [6.07, 6.45) is 2.72. The maximum absolute atomic E-state index is 12.8. The van der Waals surface area contributed by atoms with Gasteiger partial charge in [-0.1, -0.05) is 0 Å². The van der Waals surface area contributed by atoms with E-state index in [1.54, 1.807) is 12.1 Å². The number of benzene rings is 1. The van der Waals surface area contributed by atoms with Gasteiger partial charge in [-0.05, 0) is 50.6 Å². The molecule has 2 fully saturated rings. The molecule has 20 heavy (non-hydrogen) atoms. The quantitative estimate of drug-likeness (QED) is 0.912. The van der Waals surface area contributed by atoms with E-state index >= 15 is 0 Å². The molecule has 2 saturated heterocycles. The molecule has 1 N–H and O–H groups in total. The molecule has 1 aromatic rings. The molecular formula is C16H24FN3. The van der Waals surface area contributed by atoms with Crippen molar-refractivity contribution in [3.63, 3.8) is 0 Å². The molecule has 0 bridgehead atoms. The van der Waals surface area contributed by atoms with E-state index in [4.69, 9.17) is 0 Å². The van der Waals surface area contributed by atoms with Crippen molar-refractivity contribution in [2.24, 2.45) is 0 Å². The SMILES string of the molecule is CC1CN2CCCC2CN1CCNc1ccc(F)cc1. The van der Waals surface area contributed by atoms with Crippen LogP contribution in [0.4, 0.5) is 10.1 Å². The Balaban J connectivity index is 1.47. The standard InChI is InChI=1S/C16H24FN3/c1-13-11-20-9-2-3-16(20)12-19(13)10-8-18-15-6-4-14(17)5-7-15/h4-7,13,16,18H,2-3,8-12H2,1H3. The maximum Gasteiger partial charge on any atom is 0.123 e. The van der Waals surface area contributed by atoms with Crippen molar-refractivity contribution in [3.8, 4) is 0 Å². The third-order valence-electron chi connectivity index (χ3n) is 4.64. The highest BCUT2D eigenvalue weighted by Gasteiger charge is 2.33. The molecule has 2 aliphatic rings. The molecule has 0 saturated carbocycles. The van der Waals surface area contributed by atoms with Crippen LogP contribution in [0.25, 0.3) is 0 Å². The second-order valence-electron chi connectivity index (χ2n) is 6.07. The zero-order chi connectivity index (χ0) is 13.9. The molecule has 110 valence electrons. The summed E-state index contributed by atoms with van der Waals surface area (Å²) >= 11 is 0. The number of halogens is 1. The van der Waals surface area contributed by atoms with Gasteiger partial charge >= 0.3 is 0 Å². The molecule has 3 rings (SSSR count). The highest BCUT2D eigenvalue weighted by molar-refractivity contribution is 5.42. The van der Waals surface area contributed by atoms with Gasteiger partial charge in [0.1, 0.15) is 5.82 Å². The zero-order valence-electron chi connectivity index (χ0n) is 12.2. The third-order valence-corrected chi connectivity index (χ3v) is 4.64. The zero-order valence-corrected chi connectivity index (χ0v) is 12.2. The van der Waals surface area contributed by atoms with Crippen LogP contribution in [0.1, 0.15) is 19.8 Å². The predicted molar refractivity (Wildman–Crippen MR) is 80.5 cm³/mol. The van der Waals surface area contributed by atoms with E-state index < -0.39 is 0 Å². The second-order valence-corrected chi connectivity index (χ2v) is 6.07. The topological polar surface area (TPSA) is 18.5 Å². The Labute approximate surface area is 120 Å². The summed E-state index contributed by atoms with van der Waals surface area (Å²) in [5.41, 5.74) is 0.999. The largest absolute Gasteiger partial charge is 0.384 e. The van der Waals surface area contributed by atoms with E-state index in [9.17, 15) is 4.39 Å². The van der Waals surface area contributed by atoms with E-state index in [1.807, 2.05) is 0 Å². The van der Waals surface area contributed by atoms with Gasteiger partial charge in [-0.25, -0.2) is 4.39 Å². The van der Waals surface area contributed by atoms with Crippen LogP contribution in [0, 0.1) is 5.82 Å². The first kappa shape index (κ1) is 13.8. The van der Waals surface area contributed by atoms with Crippen molar-refractivity contribution in [3.05, 3.63) is 30.1 Å². The monoisotopic (exact) mass is 277 g/mol. The number of anilines is 1. The lowest BCUT2D eigenvalue weighted by Gasteiger charge is -2.42. The van der Waals surface area contributed by atoms with Gasteiger partial charge in [0, 0.05) is 44.0 Å². The summed E-state index contributed by atoms with van der Waals surface area (Å²) < 4.78 is 12.8. The highest BCUT2D eigenvalue weighted by Crippen LogP contribution is 2.24. The van der Waals surface area contributed by atoms with Gasteiger partial charge < -0.3 is 5.32 Å². The summed E-state index contributed by atoms with van der Waals surface area (Å²) in [5, 5.41) is 3.38. The first-order chi connectivity index (χ1) is 9.72. The lowest BCUT2D eigenvalue weighted by Crippen LogP contribution is -2.55. The Morgan fingerprint density at radius 2 is 2.05 bits per heavy atom. The number of hydrogen-bond donors (Lipinski definition) is 1. The van der Waals surface area contributed by atoms with Crippen LogP contribution in [-0.4, -0.2) is 54.6 Å². The first-order valence-corrected chi connectivity index (χ1v) is 7.70. The fourth-order valence-corrected chi connectivity index (χ4v) is 3.47. The molecule has 1 aromatic carbocycles. The fraction of sp³-hybridized carbons (Fsp3) is 0.625. The second kappa shape index (κ2) is 6.10. The van der Waals surface area contributed by atoms with E-state index in [-0.39, 0.29) is 5.82 Å². The minimum Gasteiger partial charge on any atom is -0.384 e. The molecule has 2 atom stereocenters. The normalized spacial score (nSPS) is 27.5. The molecule has 2 heterocycles. The minimum absolute atomic E-state index is 0.179. The molecule has 0 aliphatic carbocycles. The average molecular weight is 277 g/mol. The number of hydrogen-bond acceptors (Lipinski definition) is 3. The number of fused-ring (bicyclic) bond motifs is 1. The average Bonchev–Trinajstić information content (AvgIpc) is 2.88. The van der Waals surface area contributed by atoms with E-state index in [2.05, 4.69) is 22.0 Å². The molecule has 4 heteroatoms. The van der Waals surface area contributed by atoms with Crippen molar-refractivity contribution >= 4 is 5.69 Å². The van der Waals surface area contributed by atoms with E-state index in [0.29, 0.717) is 6.04 Å². The van der Waals surface area contributed by atoms with Crippen molar-refractivity contribution in [1.29, 1.82) is 0 Å². The summed E-state index contributed by atoms with van der Waals surface area (Å²) in [7, 11) is 0. The predicted octanol–water partition coefficient (Wildman–Crippen LogP) is 2.41. The fourth-order valence-electron chi connectivity index (χ4n) is 3.47. The summed E-state index contributed by atoms with van der Waals surface area (Å²) in [5.74, 6) is -0.179. The van der Waals surface area contributed by atoms with Gasteiger partial charge in [-0.2, -0.15) is 0 Å². The van der Waals surface area contributed by atoms with Crippen molar-refractivity contribution in [2.45, 2.75) is 31.8 Å². The van der Waals surface area contributed by atoms with Crippen LogP contribution < -0.4 is 5.32 Å². The smallest absolute Gasteiger partial charge is 0.123 e. The van der Waals surface area contributed by atoms with Gasteiger partial charge in [0.25, 0.3) is 0 Å². The molecule has 0 aromatic heterocycles. The molecular weight excluding hydrogens is 253 g/mol. The molecule has 0 amide bonds. The first-order valence-electron chi connectivity index (χ1n) is 7.70. The number of piperazine rings is 1. The summed E-state index contributed by atoms with van der Waals surface area (Å²) in [4.78, 5) is 5.23. The van der Waals surface area contributed by atoms with Gasteiger partial charge in [0.15, 0.2) is 0 Å². The van der Waals surface area contributed by atoms with Crippen LogP contribution in [0.15, 0.2) is 24.3 Å². The Morgan fingerprint density at radius 1 is 1.25 bits per heavy atom. The Bertz CT molecular complexity index is 434. The van der Waals surface area contributed by atoms with E-state index in [1.165, 1.54) is 44.6 Å². The molecule has 2 unspecified atom stereocenters. The van der Waals surface area contributed by atoms with E-state index in [0.717, 1.165) is 24.8 Å². The van der Waals surface area contributed by atoms with Crippen LogP contribution in [0.3, 0.4) is 0 Å². The molecule has 0 spiro atoms. The lowest BCUT2D eigenvalue weighted by atomic mass is 10.1. The third kappa shape index (κ3) is 3.13. The van der Waals surface area contributed by atoms with Crippen LogP contribution in [-0.2, 0) is 0 Å². The van der Waals surface area contributed by atoms with Gasteiger partial charge in [0.2, 0.25) is 0 Å². The summed E-state index contributed by atoms with van der Waals surface area (Å²) in [6, 6.07) is 8.02. The lowest BCUT2D eigenvalue weighted by molar-refractivity contribution is 0.0627. The van der Waals surface area contributed by atoms with Crippen molar-refractivity contribution < 1.29 is 4.39 Å². The Kier molecular flexibility index (Phi) is 4.22. The van der Waals surface area contributed by atoms with Crippen molar-refractivity contribution in [1.82, 2.24) is 9.80 Å². The Morgan fingerprint density at radius 3 is 2.85 bits per heavy atom. The van der Waals surface area contributed by atoms with Crippen LogP contribution in [0.5, 0.6) is 0 Å². The number of nitrogens with one attached hydrogen (secondary N) is 1. The minimum atomic E-state index is -0.179. The number of nitrogens with zero attached hydrogens (tertiary/aromatic N) is 2. The summed E-state index contributed by atoms with van der Waals surface area (Å²) in [6.45, 7) is 8.00. The molecule has 0 radical (unpaired) electrons. The molecule has 3 nitrogen and oxygen atoms in total. The van der Waals surface area contributed by atoms with Crippen LogP contribution >= 0.6 is 0 Å². The highest BCUT2D eigenvalue weighted by atomic mass is 19.1. The van der Waals surface area contributed by atoms with Crippen molar-refractivity contribution in [2.75, 3.05) is 38.0 Å². The number of rotatable bonds is 4. The van der Waals surface area contributed by atoms with Gasteiger partial charge in [-0.3, -0.25) is 9.80 Å². The van der Waals surface area contributed by atoms with Gasteiger partial charge in [-0.15, -0.1) is 0 Å². The Hall–Kier alpha value is -1.13. The van der Waals surface area contributed by atoms with Crippen LogP contribution in [0.2, 0.25) is 0 Å². The maximum atomic E-state index is 12.8. The van der Waals surface area contributed by atoms with Gasteiger partial charge in [0.05, 0.1) is 0 Å². The molecule has 2 aliphatic heterocycles.